The van der Waals surface area contributed by atoms with Gasteiger partial charge in [0.05, 0.1) is 0 Å². The summed E-state index contributed by atoms with van der Waals surface area (Å²) in [6.45, 7) is 1.99. The second kappa shape index (κ2) is 10.2. The Labute approximate surface area is 172 Å². The standard InChI is InChI=1S/C20H23N3S.2ClH/c1-2-6-17(7-3-1)19-8-4-5-13-23(19)21-15-16-9-10-18-11-12-22-24-20(18)14-16;;/h1-3,6-7,9-12,14,19,21-22H,4-5,8,13,15H2;2*1H. The highest BCUT2D eigenvalue weighted by molar-refractivity contribution is 7.97. The number of piperidine rings is 1. The van der Waals surface area contributed by atoms with E-state index in [0.717, 1.165) is 13.1 Å². The Balaban J connectivity index is 0.00000121. The van der Waals surface area contributed by atoms with E-state index in [9.17, 15) is 0 Å². The first-order chi connectivity index (χ1) is 11.9. The first-order valence-corrected chi connectivity index (χ1v) is 9.49. The second-order valence-electron chi connectivity index (χ2n) is 6.38. The van der Waals surface area contributed by atoms with Crippen LogP contribution in [0.25, 0.3) is 6.08 Å². The first-order valence-electron chi connectivity index (χ1n) is 8.67. The topological polar surface area (TPSA) is 27.3 Å². The molecule has 1 saturated heterocycles. The van der Waals surface area contributed by atoms with E-state index < -0.39 is 0 Å². The lowest BCUT2D eigenvalue weighted by Crippen LogP contribution is -2.43. The van der Waals surface area contributed by atoms with E-state index in [4.69, 9.17) is 0 Å². The quantitative estimate of drug-likeness (QED) is 0.665. The highest BCUT2D eigenvalue weighted by Crippen LogP contribution is 2.30. The van der Waals surface area contributed by atoms with Crippen molar-refractivity contribution >= 4 is 42.8 Å². The highest BCUT2D eigenvalue weighted by Gasteiger charge is 2.23. The predicted octanol–water partition coefficient (Wildman–Crippen LogP) is 5.34. The molecule has 1 fully saturated rings. The second-order valence-corrected chi connectivity index (χ2v) is 7.26. The SMILES string of the molecule is C1=Cc2ccc(CNN3CCCCC3c3ccccc3)cc2SN1.Cl.Cl. The lowest BCUT2D eigenvalue weighted by Gasteiger charge is -2.36. The van der Waals surface area contributed by atoms with Gasteiger partial charge in [-0.05, 0) is 53.6 Å². The summed E-state index contributed by atoms with van der Waals surface area (Å²) in [5, 5.41) is 2.43. The van der Waals surface area contributed by atoms with Crippen molar-refractivity contribution in [3.05, 3.63) is 71.4 Å². The molecule has 2 aromatic rings. The molecule has 2 aliphatic rings. The molecule has 0 aromatic heterocycles. The largest absolute Gasteiger partial charge is 0.332 e. The molecule has 2 N–H and O–H groups in total. The van der Waals surface area contributed by atoms with Crippen LogP contribution in [0.15, 0.2) is 59.6 Å². The van der Waals surface area contributed by atoms with Gasteiger partial charge in [-0.3, -0.25) is 5.43 Å². The minimum Gasteiger partial charge on any atom is -0.332 e. The van der Waals surface area contributed by atoms with Gasteiger partial charge in [0, 0.05) is 30.2 Å². The highest BCUT2D eigenvalue weighted by atomic mass is 35.5. The number of hydrazine groups is 1. The molecular weight excluding hydrogens is 385 g/mol. The van der Waals surface area contributed by atoms with Crippen molar-refractivity contribution in [1.29, 1.82) is 0 Å². The van der Waals surface area contributed by atoms with Gasteiger partial charge in [-0.25, -0.2) is 5.01 Å². The first kappa shape index (κ1) is 21.1. The average Bonchev–Trinajstić information content (AvgIpc) is 2.67. The molecule has 6 heteroatoms. The lowest BCUT2D eigenvalue weighted by molar-refractivity contribution is 0.0825. The summed E-state index contributed by atoms with van der Waals surface area (Å²) in [6.07, 6.45) is 7.92. The van der Waals surface area contributed by atoms with Crippen molar-refractivity contribution in [3.8, 4) is 0 Å². The Kier molecular flexibility index (Phi) is 8.32. The molecule has 26 heavy (non-hydrogen) atoms. The molecule has 0 aliphatic carbocycles. The van der Waals surface area contributed by atoms with Gasteiger partial charge in [-0.15, -0.1) is 24.8 Å². The molecule has 0 radical (unpaired) electrons. The summed E-state index contributed by atoms with van der Waals surface area (Å²) in [6, 6.07) is 18.1. The van der Waals surface area contributed by atoms with Gasteiger partial charge >= 0.3 is 0 Å². The minimum atomic E-state index is 0. The van der Waals surface area contributed by atoms with Crippen molar-refractivity contribution in [3.63, 3.8) is 0 Å². The van der Waals surface area contributed by atoms with Crippen LogP contribution in [0.3, 0.4) is 0 Å². The van der Waals surface area contributed by atoms with Crippen molar-refractivity contribution in [2.75, 3.05) is 6.54 Å². The molecule has 2 heterocycles. The van der Waals surface area contributed by atoms with Crippen molar-refractivity contribution in [2.24, 2.45) is 0 Å². The van der Waals surface area contributed by atoms with E-state index in [0.29, 0.717) is 6.04 Å². The number of benzene rings is 2. The maximum absolute atomic E-state index is 3.68. The fourth-order valence-corrected chi connectivity index (χ4v) is 4.20. The predicted molar refractivity (Wildman–Crippen MR) is 116 cm³/mol. The molecule has 3 nitrogen and oxygen atoms in total. The van der Waals surface area contributed by atoms with E-state index in [1.54, 1.807) is 11.9 Å². The minimum absolute atomic E-state index is 0. The summed E-state index contributed by atoms with van der Waals surface area (Å²) in [4.78, 5) is 1.30. The van der Waals surface area contributed by atoms with Gasteiger partial charge in [0.2, 0.25) is 0 Å². The van der Waals surface area contributed by atoms with Crippen LogP contribution in [0.2, 0.25) is 0 Å². The maximum atomic E-state index is 3.68. The third kappa shape index (κ3) is 4.96. The Bertz CT molecular complexity index is 724. The molecule has 0 bridgehead atoms. The van der Waals surface area contributed by atoms with Crippen LogP contribution < -0.4 is 10.1 Å². The van der Waals surface area contributed by atoms with E-state index in [-0.39, 0.29) is 24.8 Å². The van der Waals surface area contributed by atoms with E-state index >= 15 is 0 Å². The van der Waals surface area contributed by atoms with Crippen LogP contribution in [0.5, 0.6) is 0 Å². The average molecular weight is 410 g/mol. The van der Waals surface area contributed by atoms with Crippen molar-refractivity contribution in [1.82, 2.24) is 15.2 Å². The summed E-state index contributed by atoms with van der Waals surface area (Å²) in [7, 11) is 0. The number of nitrogens with zero attached hydrogens (tertiary/aromatic N) is 1. The summed E-state index contributed by atoms with van der Waals surface area (Å²) in [5.41, 5.74) is 7.72. The van der Waals surface area contributed by atoms with Crippen LogP contribution >= 0.6 is 36.8 Å². The maximum Gasteiger partial charge on any atom is 0.0493 e. The van der Waals surface area contributed by atoms with Gasteiger partial charge in [-0.1, -0.05) is 48.9 Å². The monoisotopic (exact) mass is 409 g/mol. The molecule has 0 saturated carbocycles. The summed E-state index contributed by atoms with van der Waals surface area (Å²) >= 11 is 1.68. The summed E-state index contributed by atoms with van der Waals surface area (Å²) in [5.74, 6) is 0. The van der Waals surface area contributed by atoms with E-state index in [1.165, 1.54) is 40.8 Å². The van der Waals surface area contributed by atoms with Gasteiger partial charge in [0.15, 0.2) is 0 Å². The number of nitrogens with one attached hydrogen (secondary N) is 2. The fourth-order valence-electron chi connectivity index (χ4n) is 3.47. The number of fused-ring (bicyclic) bond motifs is 1. The smallest absolute Gasteiger partial charge is 0.0493 e. The Morgan fingerprint density at radius 2 is 1.92 bits per heavy atom. The lowest BCUT2D eigenvalue weighted by atomic mass is 9.97. The molecule has 0 spiro atoms. The van der Waals surface area contributed by atoms with Crippen molar-refractivity contribution in [2.45, 2.75) is 36.7 Å². The summed E-state index contributed by atoms with van der Waals surface area (Å²) < 4.78 is 3.21. The third-order valence-corrected chi connectivity index (χ3v) is 5.58. The van der Waals surface area contributed by atoms with Gasteiger partial charge in [-0.2, -0.15) is 0 Å². The Morgan fingerprint density at radius 1 is 1.08 bits per heavy atom. The number of rotatable bonds is 4. The van der Waals surface area contributed by atoms with Crippen molar-refractivity contribution < 1.29 is 0 Å². The molecule has 2 aromatic carbocycles. The number of hydrogen-bond acceptors (Lipinski definition) is 4. The molecule has 4 rings (SSSR count). The fraction of sp³-hybridized carbons (Fsp3) is 0.300. The molecule has 2 aliphatic heterocycles. The van der Waals surface area contributed by atoms with Crippen LogP contribution in [0.1, 0.15) is 42.0 Å². The van der Waals surface area contributed by atoms with Crippen LogP contribution in [0.4, 0.5) is 0 Å². The van der Waals surface area contributed by atoms with E-state index in [2.05, 4.69) is 69.8 Å². The molecule has 1 unspecified atom stereocenters. The zero-order chi connectivity index (χ0) is 16.2. The Hall–Kier alpha value is -1.17. The molecule has 1 atom stereocenters. The normalized spacial score (nSPS) is 18.8. The van der Waals surface area contributed by atoms with Crippen LogP contribution in [-0.2, 0) is 6.54 Å². The number of hydrogen-bond donors (Lipinski definition) is 2. The van der Waals surface area contributed by atoms with Gasteiger partial charge < -0.3 is 4.72 Å². The molecule has 140 valence electrons. The third-order valence-electron chi connectivity index (χ3n) is 4.75. The Morgan fingerprint density at radius 3 is 2.77 bits per heavy atom. The zero-order valence-corrected chi connectivity index (χ0v) is 17.0. The molecule has 0 amide bonds. The zero-order valence-electron chi connectivity index (χ0n) is 14.6. The van der Waals surface area contributed by atoms with Gasteiger partial charge in [0.1, 0.15) is 0 Å². The molecular formula is C20H25Cl2N3S. The van der Waals surface area contributed by atoms with E-state index in [1.807, 2.05) is 6.20 Å². The van der Waals surface area contributed by atoms with Crippen LogP contribution in [0, 0.1) is 0 Å². The van der Waals surface area contributed by atoms with Crippen LogP contribution in [-0.4, -0.2) is 11.6 Å². The number of halogens is 2. The van der Waals surface area contributed by atoms with Gasteiger partial charge in [0.25, 0.3) is 0 Å².